The molecule has 2 amide bonds. The minimum absolute atomic E-state index is 0.0238. The van der Waals surface area contributed by atoms with Crippen molar-refractivity contribution in [3.63, 3.8) is 0 Å². The third-order valence-electron chi connectivity index (χ3n) is 3.87. The van der Waals surface area contributed by atoms with Crippen LogP contribution in [0.4, 0.5) is 0 Å². The summed E-state index contributed by atoms with van der Waals surface area (Å²) in [5.41, 5.74) is 0.933. The summed E-state index contributed by atoms with van der Waals surface area (Å²) in [4.78, 5) is 25.9. The molecule has 1 saturated heterocycles. The maximum Gasteiger partial charge on any atom is 0.225 e. The maximum atomic E-state index is 12.3. The van der Waals surface area contributed by atoms with E-state index in [2.05, 4.69) is 5.32 Å². The fraction of sp³-hybridized carbons (Fsp3) is 0.294. The van der Waals surface area contributed by atoms with Crippen molar-refractivity contribution >= 4 is 23.4 Å². The van der Waals surface area contributed by atoms with E-state index in [4.69, 9.17) is 16.0 Å². The summed E-state index contributed by atoms with van der Waals surface area (Å²) < 4.78 is 5.25. The third kappa shape index (κ3) is 3.93. The number of nitrogens with one attached hydrogen (secondary N) is 1. The van der Waals surface area contributed by atoms with Crippen molar-refractivity contribution < 1.29 is 14.0 Å². The second-order valence-corrected chi connectivity index (χ2v) is 6.04. The fourth-order valence-electron chi connectivity index (χ4n) is 2.67. The lowest BCUT2D eigenvalue weighted by Crippen LogP contribution is -2.32. The first kappa shape index (κ1) is 15.6. The molecular formula is C17H17ClN2O3. The van der Waals surface area contributed by atoms with Gasteiger partial charge < -0.3 is 14.6 Å². The molecule has 0 saturated carbocycles. The SMILES string of the molecule is O=C(NCc1cccc(Cl)c1)C1CC(=O)N(Cc2ccco2)C1. The highest BCUT2D eigenvalue weighted by Gasteiger charge is 2.34. The van der Waals surface area contributed by atoms with Crippen LogP contribution in [0.3, 0.4) is 0 Å². The topological polar surface area (TPSA) is 62.6 Å². The van der Waals surface area contributed by atoms with Gasteiger partial charge in [0, 0.05) is 24.5 Å². The van der Waals surface area contributed by atoms with Crippen molar-refractivity contribution in [2.75, 3.05) is 6.54 Å². The number of amides is 2. The van der Waals surface area contributed by atoms with Crippen LogP contribution in [-0.4, -0.2) is 23.3 Å². The van der Waals surface area contributed by atoms with Crippen molar-refractivity contribution in [3.05, 3.63) is 59.0 Å². The van der Waals surface area contributed by atoms with Gasteiger partial charge in [-0.05, 0) is 29.8 Å². The molecule has 2 heterocycles. The van der Waals surface area contributed by atoms with E-state index in [-0.39, 0.29) is 24.2 Å². The van der Waals surface area contributed by atoms with Gasteiger partial charge in [0.1, 0.15) is 5.76 Å². The molecule has 0 aliphatic carbocycles. The average molecular weight is 333 g/mol. The van der Waals surface area contributed by atoms with E-state index in [0.717, 1.165) is 11.3 Å². The van der Waals surface area contributed by atoms with Gasteiger partial charge >= 0.3 is 0 Å². The van der Waals surface area contributed by atoms with E-state index in [0.29, 0.717) is 24.7 Å². The largest absolute Gasteiger partial charge is 0.467 e. The van der Waals surface area contributed by atoms with E-state index in [1.54, 1.807) is 23.3 Å². The molecule has 1 fully saturated rings. The minimum atomic E-state index is -0.323. The number of carbonyl (C=O) groups excluding carboxylic acids is 2. The number of rotatable bonds is 5. The Morgan fingerprint density at radius 2 is 2.22 bits per heavy atom. The molecule has 3 rings (SSSR count). The fourth-order valence-corrected chi connectivity index (χ4v) is 2.88. The first-order valence-electron chi connectivity index (χ1n) is 7.44. The van der Waals surface area contributed by atoms with E-state index in [9.17, 15) is 9.59 Å². The summed E-state index contributed by atoms with van der Waals surface area (Å²) >= 11 is 5.92. The number of furan rings is 1. The molecule has 1 unspecified atom stereocenters. The predicted octanol–water partition coefficient (Wildman–Crippen LogP) is 2.60. The smallest absolute Gasteiger partial charge is 0.225 e. The summed E-state index contributed by atoms with van der Waals surface area (Å²) in [6.07, 6.45) is 1.81. The van der Waals surface area contributed by atoms with Crippen LogP contribution in [-0.2, 0) is 22.7 Å². The Bertz CT molecular complexity index is 700. The summed E-state index contributed by atoms with van der Waals surface area (Å²) in [5.74, 6) is 0.263. The molecule has 6 heteroatoms. The van der Waals surface area contributed by atoms with E-state index in [1.165, 1.54) is 0 Å². The van der Waals surface area contributed by atoms with Gasteiger partial charge in [0.25, 0.3) is 0 Å². The predicted molar refractivity (Wildman–Crippen MR) is 85.5 cm³/mol. The number of likely N-dealkylation sites (tertiary alicyclic amines) is 1. The summed E-state index contributed by atoms with van der Waals surface area (Å²) in [5, 5.41) is 3.50. The number of hydrogen-bond donors (Lipinski definition) is 1. The summed E-state index contributed by atoms with van der Waals surface area (Å²) in [6.45, 7) is 1.23. The van der Waals surface area contributed by atoms with Crippen LogP contribution in [0.5, 0.6) is 0 Å². The average Bonchev–Trinajstić information content (AvgIpc) is 3.16. The monoisotopic (exact) mass is 332 g/mol. The van der Waals surface area contributed by atoms with Crippen LogP contribution < -0.4 is 5.32 Å². The standard InChI is InChI=1S/C17H17ClN2O3/c18-14-4-1-3-12(7-14)9-19-17(22)13-8-16(21)20(10-13)11-15-5-2-6-23-15/h1-7,13H,8-11H2,(H,19,22). The number of nitrogens with zero attached hydrogens (tertiary/aromatic N) is 1. The second kappa shape index (κ2) is 6.87. The Labute approximate surface area is 139 Å². The van der Waals surface area contributed by atoms with E-state index < -0.39 is 0 Å². The number of carbonyl (C=O) groups is 2. The van der Waals surface area contributed by atoms with Crippen LogP contribution in [0.2, 0.25) is 5.02 Å². The van der Waals surface area contributed by atoms with Crippen LogP contribution in [0, 0.1) is 5.92 Å². The van der Waals surface area contributed by atoms with Crippen molar-refractivity contribution in [1.29, 1.82) is 0 Å². The molecular weight excluding hydrogens is 316 g/mol. The van der Waals surface area contributed by atoms with Gasteiger partial charge in [-0.1, -0.05) is 23.7 Å². The first-order chi connectivity index (χ1) is 11.1. The third-order valence-corrected chi connectivity index (χ3v) is 4.10. The van der Waals surface area contributed by atoms with Gasteiger partial charge in [-0.2, -0.15) is 0 Å². The van der Waals surface area contributed by atoms with E-state index in [1.807, 2.05) is 24.3 Å². The molecule has 120 valence electrons. The quantitative estimate of drug-likeness (QED) is 0.915. The van der Waals surface area contributed by atoms with Gasteiger partial charge in [-0.25, -0.2) is 0 Å². The van der Waals surface area contributed by atoms with Crippen molar-refractivity contribution in [2.45, 2.75) is 19.5 Å². The summed E-state index contributed by atoms with van der Waals surface area (Å²) in [7, 11) is 0. The Morgan fingerprint density at radius 3 is 2.96 bits per heavy atom. The Morgan fingerprint density at radius 1 is 1.35 bits per heavy atom. The lowest BCUT2D eigenvalue weighted by molar-refractivity contribution is -0.129. The molecule has 0 bridgehead atoms. The Balaban J connectivity index is 1.53. The van der Waals surface area contributed by atoms with Crippen LogP contribution in [0.15, 0.2) is 47.1 Å². The Hall–Kier alpha value is -2.27. The molecule has 1 aromatic carbocycles. The lowest BCUT2D eigenvalue weighted by atomic mass is 10.1. The van der Waals surface area contributed by atoms with Crippen LogP contribution >= 0.6 is 11.6 Å². The normalized spacial score (nSPS) is 17.5. The first-order valence-corrected chi connectivity index (χ1v) is 7.82. The van der Waals surface area contributed by atoms with Crippen LogP contribution in [0.25, 0.3) is 0 Å². The van der Waals surface area contributed by atoms with Gasteiger partial charge in [0.15, 0.2) is 0 Å². The van der Waals surface area contributed by atoms with Crippen LogP contribution in [0.1, 0.15) is 17.7 Å². The zero-order valence-electron chi connectivity index (χ0n) is 12.5. The van der Waals surface area contributed by atoms with Crippen molar-refractivity contribution in [2.24, 2.45) is 5.92 Å². The zero-order valence-corrected chi connectivity index (χ0v) is 13.3. The van der Waals surface area contributed by atoms with Gasteiger partial charge in [0.05, 0.1) is 18.7 Å². The minimum Gasteiger partial charge on any atom is -0.467 e. The number of halogens is 1. The highest BCUT2D eigenvalue weighted by Crippen LogP contribution is 2.21. The lowest BCUT2D eigenvalue weighted by Gasteiger charge is -2.15. The van der Waals surface area contributed by atoms with Crippen molar-refractivity contribution in [1.82, 2.24) is 10.2 Å². The zero-order chi connectivity index (χ0) is 16.2. The highest BCUT2D eigenvalue weighted by atomic mass is 35.5. The number of hydrogen-bond acceptors (Lipinski definition) is 3. The molecule has 2 aromatic rings. The second-order valence-electron chi connectivity index (χ2n) is 5.60. The molecule has 0 spiro atoms. The molecule has 23 heavy (non-hydrogen) atoms. The van der Waals surface area contributed by atoms with Gasteiger partial charge in [-0.15, -0.1) is 0 Å². The van der Waals surface area contributed by atoms with E-state index >= 15 is 0 Å². The molecule has 1 aliphatic rings. The molecule has 1 aromatic heterocycles. The summed E-state index contributed by atoms with van der Waals surface area (Å²) in [6, 6.07) is 10.9. The Kier molecular flexibility index (Phi) is 4.67. The molecule has 1 N–H and O–H groups in total. The van der Waals surface area contributed by atoms with Gasteiger partial charge in [0.2, 0.25) is 11.8 Å². The van der Waals surface area contributed by atoms with Gasteiger partial charge in [-0.3, -0.25) is 9.59 Å². The van der Waals surface area contributed by atoms with Crippen molar-refractivity contribution in [3.8, 4) is 0 Å². The molecule has 1 atom stereocenters. The highest BCUT2D eigenvalue weighted by molar-refractivity contribution is 6.30. The molecule has 1 aliphatic heterocycles. The number of benzene rings is 1. The molecule has 0 radical (unpaired) electrons. The maximum absolute atomic E-state index is 12.3. The molecule has 5 nitrogen and oxygen atoms in total.